The van der Waals surface area contributed by atoms with Gasteiger partial charge in [0.15, 0.2) is 0 Å². The molecule has 22 heavy (non-hydrogen) atoms. The standard InChI is InChI=1S/C16H17FN2O2S/c17-12-3-1-2-11(8-12)14-4-5-15(22-14)16(20)19-6-7-21-13(9-18)10-19/h1-5,8,13H,6-7,9-10,18H2. The molecule has 2 aromatic rings. The predicted octanol–water partition coefficient (Wildman–Crippen LogP) is 2.35. The smallest absolute Gasteiger partial charge is 0.264 e. The summed E-state index contributed by atoms with van der Waals surface area (Å²) in [6.07, 6.45) is -0.0969. The molecular weight excluding hydrogens is 303 g/mol. The van der Waals surface area contributed by atoms with Gasteiger partial charge in [-0.1, -0.05) is 12.1 Å². The maximum Gasteiger partial charge on any atom is 0.264 e. The summed E-state index contributed by atoms with van der Waals surface area (Å²) in [5.41, 5.74) is 6.39. The number of halogens is 1. The van der Waals surface area contributed by atoms with E-state index in [1.807, 2.05) is 12.1 Å². The number of hydrogen-bond donors (Lipinski definition) is 1. The largest absolute Gasteiger partial charge is 0.373 e. The van der Waals surface area contributed by atoms with Gasteiger partial charge < -0.3 is 15.4 Å². The van der Waals surface area contributed by atoms with Gasteiger partial charge in [0, 0.05) is 24.5 Å². The van der Waals surface area contributed by atoms with Crippen LogP contribution in [0.1, 0.15) is 9.67 Å². The van der Waals surface area contributed by atoms with E-state index in [4.69, 9.17) is 10.5 Å². The molecule has 6 heteroatoms. The van der Waals surface area contributed by atoms with Gasteiger partial charge in [-0.05, 0) is 29.8 Å². The van der Waals surface area contributed by atoms with Crippen molar-refractivity contribution >= 4 is 17.2 Å². The molecule has 0 radical (unpaired) electrons. The molecule has 0 spiro atoms. The molecule has 1 fully saturated rings. The van der Waals surface area contributed by atoms with Gasteiger partial charge in [-0.2, -0.15) is 0 Å². The third kappa shape index (κ3) is 3.19. The van der Waals surface area contributed by atoms with E-state index in [-0.39, 0.29) is 17.8 Å². The third-order valence-corrected chi connectivity index (χ3v) is 4.74. The second kappa shape index (κ2) is 6.56. The second-order valence-corrected chi connectivity index (χ2v) is 6.24. The molecule has 1 aromatic heterocycles. The summed E-state index contributed by atoms with van der Waals surface area (Å²) in [6.45, 7) is 2.00. The van der Waals surface area contributed by atoms with Gasteiger partial charge in [-0.3, -0.25) is 4.79 Å². The Labute approximate surface area is 132 Å². The van der Waals surface area contributed by atoms with Crippen molar-refractivity contribution in [3.05, 3.63) is 47.1 Å². The van der Waals surface area contributed by atoms with Crippen molar-refractivity contribution in [2.24, 2.45) is 5.73 Å². The van der Waals surface area contributed by atoms with E-state index in [1.165, 1.54) is 23.5 Å². The van der Waals surface area contributed by atoms with Gasteiger partial charge in [-0.25, -0.2) is 4.39 Å². The van der Waals surface area contributed by atoms with Crippen LogP contribution in [0, 0.1) is 5.82 Å². The Kier molecular flexibility index (Phi) is 4.52. The average molecular weight is 320 g/mol. The lowest BCUT2D eigenvalue weighted by Crippen LogP contribution is -2.47. The van der Waals surface area contributed by atoms with Crippen molar-refractivity contribution in [1.29, 1.82) is 0 Å². The lowest BCUT2D eigenvalue weighted by Gasteiger charge is -2.32. The number of nitrogens with zero attached hydrogens (tertiary/aromatic N) is 1. The third-order valence-electron chi connectivity index (χ3n) is 3.61. The summed E-state index contributed by atoms with van der Waals surface area (Å²) in [5.74, 6) is -0.299. The summed E-state index contributed by atoms with van der Waals surface area (Å²) >= 11 is 1.38. The van der Waals surface area contributed by atoms with Crippen LogP contribution in [0.5, 0.6) is 0 Å². The highest BCUT2D eigenvalue weighted by Crippen LogP contribution is 2.29. The Morgan fingerprint density at radius 1 is 1.41 bits per heavy atom. The predicted molar refractivity (Wildman–Crippen MR) is 84.4 cm³/mol. The molecule has 4 nitrogen and oxygen atoms in total. The van der Waals surface area contributed by atoms with Gasteiger partial charge in [0.2, 0.25) is 0 Å². The zero-order valence-corrected chi connectivity index (χ0v) is 12.8. The topological polar surface area (TPSA) is 55.6 Å². The van der Waals surface area contributed by atoms with Crippen molar-refractivity contribution in [2.45, 2.75) is 6.10 Å². The molecule has 3 rings (SSSR count). The Hall–Kier alpha value is -1.76. The molecule has 1 unspecified atom stereocenters. The molecule has 2 heterocycles. The normalized spacial score (nSPS) is 18.5. The van der Waals surface area contributed by atoms with Crippen LogP contribution in [0.4, 0.5) is 4.39 Å². The van der Waals surface area contributed by atoms with Crippen molar-refractivity contribution in [3.63, 3.8) is 0 Å². The fraction of sp³-hybridized carbons (Fsp3) is 0.312. The summed E-state index contributed by atoms with van der Waals surface area (Å²) in [5, 5.41) is 0. The zero-order valence-electron chi connectivity index (χ0n) is 12.0. The summed E-state index contributed by atoms with van der Waals surface area (Å²) in [4.78, 5) is 15.8. The Morgan fingerprint density at radius 2 is 2.27 bits per heavy atom. The summed E-state index contributed by atoms with van der Waals surface area (Å²) in [6, 6.07) is 10.0. The molecule has 0 saturated carbocycles. The van der Waals surface area contributed by atoms with Crippen LogP contribution in [0.15, 0.2) is 36.4 Å². The lowest BCUT2D eigenvalue weighted by molar-refractivity contribution is -0.0165. The molecule has 1 aromatic carbocycles. The number of nitrogens with two attached hydrogens (primary N) is 1. The van der Waals surface area contributed by atoms with Crippen molar-refractivity contribution < 1.29 is 13.9 Å². The van der Waals surface area contributed by atoms with Gasteiger partial charge >= 0.3 is 0 Å². The van der Waals surface area contributed by atoms with Crippen LogP contribution < -0.4 is 5.73 Å². The van der Waals surface area contributed by atoms with Crippen LogP contribution in [-0.4, -0.2) is 43.2 Å². The first-order chi connectivity index (χ1) is 10.7. The first-order valence-corrected chi connectivity index (χ1v) is 7.96. The van der Waals surface area contributed by atoms with Crippen molar-refractivity contribution in [3.8, 4) is 10.4 Å². The Morgan fingerprint density at radius 3 is 3.05 bits per heavy atom. The molecule has 1 amide bonds. The number of rotatable bonds is 3. The minimum atomic E-state index is -0.280. The van der Waals surface area contributed by atoms with Crippen molar-refractivity contribution in [1.82, 2.24) is 4.90 Å². The van der Waals surface area contributed by atoms with E-state index in [9.17, 15) is 9.18 Å². The molecule has 0 bridgehead atoms. The summed E-state index contributed by atoms with van der Waals surface area (Å²) < 4.78 is 18.8. The number of ether oxygens (including phenoxy) is 1. The molecular formula is C16H17FN2O2S. The van der Waals surface area contributed by atoms with E-state index in [1.54, 1.807) is 17.0 Å². The zero-order chi connectivity index (χ0) is 15.5. The maximum atomic E-state index is 13.3. The van der Waals surface area contributed by atoms with Gasteiger partial charge in [-0.15, -0.1) is 11.3 Å². The molecule has 1 aliphatic rings. The average Bonchev–Trinajstić information content (AvgIpc) is 3.04. The number of benzene rings is 1. The maximum absolute atomic E-state index is 13.3. The molecule has 0 aliphatic carbocycles. The highest BCUT2D eigenvalue weighted by Gasteiger charge is 2.25. The number of amides is 1. The second-order valence-electron chi connectivity index (χ2n) is 5.15. The highest BCUT2D eigenvalue weighted by atomic mass is 32.1. The molecule has 1 atom stereocenters. The molecule has 2 N–H and O–H groups in total. The van der Waals surface area contributed by atoms with Gasteiger partial charge in [0.1, 0.15) is 5.82 Å². The Bertz CT molecular complexity index is 674. The SMILES string of the molecule is NCC1CN(C(=O)c2ccc(-c3cccc(F)c3)s2)CCO1. The first-order valence-electron chi connectivity index (χ1n) is 7.14. The highest BCUT2D eigenvalue weighted by molar-refractivity contribution is 7.17. The number of thiophene rings is 1. The number of hydrogen-bond acceptors (Lipinski definition) is 4. The minimum Gasteiger partial charge on any atom is -0.373 e. The quantitative estimate of drug-likeness (QED) is 0.944. The van der Waals surface area contributed by atoms with E-state index in [2.05, 4.69) is 0 Å². The lowest BCUT2D eigenvalue weighted by atomic mass is 10.2. The van der Waals surface area contributed by atoms with Crippen LogP contribution >= 0.6 is 11.3 Å². The molecule has 1 aliphatic heterocycles. The number of carbonyl (C=O) groups excluding carboxylic acids is 1. The van der Waals surface area contributed by atoms with Crippen LogP contribution in [0.25, 0.3) is 10.4 Å². The first kappa shape index (κ1) is 15.1. The van der Waals surface area contributed by atoms with Crippen LogP contribution in [0.2, 0.25) is 0 Å². The van der Waals surface area contributed by atoms with E-state index in [0.29, 0.717) is 31.1 Å². The molecule has 1 saturated heterocycles. The molecule has 116 valence electrons. The van der Waals surface area contributed by atoms with Crippen LogP contribution in [-0.2, 0) is 4.74 Å². The Balaban J connectivity index is 1.77. The number of morpholine rings is 1. The minimum absolute atomic E-state index is 0.0191. The fourth-order valence-corrected chi connectivity index (χ4v) is 3.42. The van der Waals surface area contributed by atoms with Gasteiger partial charge in [0.05, 0.1) is 17.6 Å². The monoisotopic (exact) mass is 320 g/mol. The fourth-order valence-electron chi connectivity index (χ4n) is 2.45. The summed E-state index contributed by atoms with van der Waals surface area (Å²) in [7, 11) is 0. The number of carbonyl (C=O) groups is 1. The van der Waals surface area contributed by atoms with Crippen molar-refractivity contribution in [2.75, 3.05) is 26.2 Å². The van der Waals surface area contributed by atoms with E-state index in [0.717, 1.165) is 10.4 Å². The van der Waals surface area contributed by atoms with E-state index >= 15 is 0 Å². The van der Waals surface area contributed by atoms with Gasteiger partial charge in [0.25, 0.3) is 5.91 Å². The van der Waals surface area contributed by atoms with E-state index < -0.39 is 0 Å². The van der Waals surface area contributed by atoms with Crippen LogP contribution in [0.3, 0.4) is 0 Å².